The molecule has 8 nitrogen and oxygen atoms in total. The van der Waals surface area contributed by atoms with Crippen molar-refractivity contribution in [1.29, 1.82) is 0 Å². The largest absolute Gasteiger partial charge is 0.472 e. The van der Waals surface area contributed by atoms with E-state index < -0.39 is 18.0 Å². The third-order valence-corrected chi connectivity index (χ3v) is 0.123. The van der Waals surface area contributed by atoms with Gasteiger partial charge in [0.15, 0.2) is 0 Å². The lowest BCUT2D eigenvalue weighted by Crippen LogP contribution is -2.18. The average Bonchev–Trinajstić information content (AvgIpc) is 2.06. The Balaban J connectivity index is -0.0000000562. The molecule has 0 aromatic heterocycles. The second-order valence-electron chi connectivity index (χ2n) is 1.25. The highest BCUT2D eigenvalue weighted by atomic mass is 16.4. The maximum absolute atomic E-state index is 9.13. The Morgan fingerprint density at radius 2 is 1.00 bits per heavy atom. The Hall–Kier alpha value is -2.87. The molecule has 0 aliphatic carbocycles. The van der Waals surface area contributed by atoms with E-state index in [0.717, 1.165) is 0 Å². The van der Waals surface area contributed by atoms with Crippen molar-refractivity contribution in [1.82, 2.24) is 0 Å². The maximum atomic E-state index is 9.13. The fraction of sp³-hybridized carbons (Fsp3) is 0. The molecule has 0 saturated heterocycles. The summed E-state index contributed by atoms with van der Waals surface area (Å²) in [5.41, 5.74) is 17.0. The molecule has 0 saturated carbocycles. The Kier molecular flexibility index (Phi) is 34.0. The van der Waals surface area contributed by atoms with Crippen LogP contribution in [-0.4, -0.2) is 23.1 Å². The number of carbonyl (C=O) groups excluding carboxylic acids is 2. The molecule has 0 aromatic carbocycles. The summed E-state index contributed by atoms with van der Waals surface area (Å²) in [4.78, 5) is 27.1. The van der Waals surface area contributed by atoms with E-state index in [2.05, 4.69) is 42.2 Å². The van der Waals surface area contributed by atoms with E-state index in [-0.39, 0.29) is 0 Å². The molecule has 0 spiro atoms. The van der Waals surface area contributed by atoms with Gasteiger partial charge in [0.05, 0.1) is 0 Å². The van der Waals surface area contributed by atoms with Crippen LogP contribution in [0.4, 0.5) is 9.59 Å². The summed E-state index contributed by atoms with van der Waals surface area (Å²) in [5, 5.41) is 7.49. The van der Waals surface area contributed by atoms with Gasteiger partial charge in [0.1, 0.15) is 0 Å². The Morgan fingerprint density at radius 3 is 1.00 bits per heavy atom. The highest BCUT2D eigenvalue weighted by Crippen LogP contribution is 1.44. The molecule has 8 heteroatoms. The number of rotatable bonds is 0. The fourth-order valence-corrected chi connectivity index (χ4v) is 0. The van der Waals surface area contributed by atoms with Crippen LogP contribution in [0.5, 0.6) is 0 Å². The van der Waals surface area contributed by atoms with Gasteiger partial charge < -0.3 is 28.0 Å². The lowest BCUT2D eigenvalue weighted by Gasteiger charge is -1.62. The first-order valence-corrected chi connectivity index (χ1v) is 2.86. The second kappa shape index (κ2) is 22.5. The van der Waals surface area contributed by atoms with Crippen molar-refractivity contribution in [2.45, 2.75) is 0 Å². The number of amides is 4. The summed E-state index contributed by atoms with van der Waals surface area (Å²) in [6.45, 7) is 0. The normalized spacial score (nSPS) is 5.13. The molecule has 4 amide bonds. The maximum Gasteiger partial charge on any atom is 0.381 e. The van der Waals surface area contributed by atoms with E-state index >= 15 is 0 Å². The minimum absolute atomic E-state index is 0.833. The van der Waals surface area contributed by atoms with Crippen molar-refractivity contribution >= 4 is 18.0 Å². The summed E-state index contributed by atoms with van der Waals surface area (Å²) in [5.74, 6) is 0.227. The van der Waals surface area contributed by atoms with Gasteiger partial charge >= 0.3 is 18.0 Å². The molecule has 0 bridgehead atoms. The van der Waals surface area contributed by atoms with Crippen molar-refractivity contribution in [3.8, 4) is 25.2 Å². The van der Waals surface area contributed by atoms with E-state index in [1.54, 1.807) is 0 Å². The summed E-state index contributed by atoms with van der Waals surface area (Å²) in [7, 11) is 0. The molecule has 84 valence electrons. The molecule has 0 heterocycles. The number of carbonyl (C=O) groups is 3. The molecule has 0 rings (SSSR count). The second-order valence-corrected chi connectivity index (χ2v) is 1.25. The lowest BCUT2D eigenvalue weighted by atomic mass is 10.7. The van der Waals surface area contributed by atoms with Crippen molar-refractivity contribution < 1.29 is 19.5 Å². The standard InChI is InChI=1S/C3H2O2.C2H2.2CH4N2O/c1-2-3(4)5;1-2;2*2-1(3)4/h1H,(H,4,5);1-2H;2*(H4,2,3,4). The van der Waals surface area contributed by atoms with Crippen LogP contribution in [0.2, 0.25) is 0 Å². The highest BCUT2D eigenvalue weighted by molar-refractivity contribution is 5.85. The molecule has 0 aromatic rings. The molecule has 0 fully saturated rings. The van der Waals surface area contributed by atoms with Crippen LogP contribution in [0.3, 0.4) is 0 Å². The summed E-state index contributed by atoms with van der Waals surface area (Å²) in [6.07, 6.45) is 12.3. The van der Waals surface area contributed by atoms with Gasteiger partial charge in [-0.15, -0.1) is 19.3 Å². The van der Waals surface area contributed by atoms with Crippen molar-refractivity contribution in [2.75, 3.05) is 0 Å². The van der Waals surface area contributed by atoms with Crippen molar-refractivity contribution in [2.24, 2.45) is 22.9 Å². The van der Waals surface area contributed by atoms with Crippen LogP contribution in [0.1, 0.15) is 0 Å². The van der Waals surface area contributed by atoms with Gasteiger partial charge in [0.25, 0.3) is 0 Å². The zero-order valence-corrected chi connectivity index (χ0v) is 7.71. The minimum Gasteiger partial charge on any atom is -0.472 e. The van der Waals surface area contributed by atoms with Gasteiger partial charge in [-0.05, 0) is 0 Å². The number of hydrogen-bond donors (Lipinski definition) is 5. The quantitative estimate of drug-likeness (QED) is 0.294. The van der Waals surface area contributed by atoms with E-state index in [1.165, 1.54) is 5.92 Å². The van der Waals surface area contributed by atoms with E-state index in [4.69, 9.17) is 19.5 Å². The van der Waals surface area contributed by atoms with E-state index in [9.17, 15) is 0 Å². The molecule has 0 unspecified atom stereocenters. The Morgan fingerprint density at radius 1 is 0.933 bits per heavy atom. The van der Waals surface area contributed by atoms with Crippen LogP contribution in [0, 0.1) is 25.2 Å². The van der Waals surface area contributed by atoms with E-state index in [0.29, 0.717) is 0 Å². The first-order valence-electron chi connectivity index (χ1n) is 2.86. The summed E-state index contributed by atoms with van der Waals surface area (Å²) >= 11 is 0. The fourth-order valence-electron chi connectivity index (χ4n) is 0. The summed E-state index contributed by atoms with van der Waals surface area (Å²) < 4.78 is 0. The Labute approximate surface area is 86.6 Å². The average molecular weight is 216 g/mol. The Bertz CT molecular complexity index is 233. The molecule has 0 atom stereocenters. The SMILES string of the molecule is C#C.C#CC(=O)O.NC(N)=O.NC(N)=O. The molecule has 0 aliphatic rings. The number of aliphatic carboxylic acids is 1. The van der Waals surface area contributed by atoms with Crippen LogP contribution < -0.4 is 22.9 Å². The number of hydrogen-bond acceptors (Lipinski definition) is 3. The number of nitrogens with two attached hydrogens (primary N) is 4. The van der Waals surface area contributed by atoms with Gasteiger partial charge in [0.2, 0.25) is 0 Å². The third-order valence-electron chi connectivity index (χ3n) is 0.123. The molecule has 15 heavy (non-hydrogen) atoms. The van der Waals surface area contributed by atoms with Gasteiger partial charge in [-0.25, -0.2) is 14.4 Å². The lowest BCUT2D eigenvalue weighted by molar-refractivity contribution is -0.130. The van der Waals surface area contributed by atoms with Crippen LogP contribution in [0.25, 0.3) is 0 Å². The van der Waals surface area contributed by atoms with Crippen molar-refractivity contribution in [3.05, 3.63) is 0 Å². The van der Waals surface area contributed by atoms with E-state index in [1.807, 2.05) is 0 Å². The first kappa shape index (κ1) is 22.7. The molecule has 0 radical (unpaired) electrons. The molecular weight excluding hydrogens is 204 g/mol. The molecule has 9 N–H and O–H groups in total. The minimum atomic E-state index is -1.22. The third kappa shape index (κ3) is 1230. The predicted octanol–water partition coefficient (Wildman–Crippen LogP) is -2.00. The number of urea groups is 2. The van der Waals surface area contributed by atoms with Crippen LogP contribution in [-0.2, 0) is 4.79 Å². The van der Waals surface area contributed by atoms with Crippen LogP contribution >= 0.6 is 0 Å². The highest BCUT2D eigenvalue weighted by Gasteiger charge is 1.74. The van der Waals surface area contributed by atoms with Crippen molar-refractivity contribution in [3.63, 3.8) is 0 Å². The summed E-state index contributed by atoms with van der Waals surface area (Å²) in [6, 6.07) is -1.67. The van der Waals surface area contributed by atoms with Gasteiger partial charge in [-0.3, -0.25) is 0 Å². The number of carboxylic acids is 1. The predicted molar refractivity (Wildman–Crippen MR) is 53.9 cm³/mol. The molecular formula is C7H12N4O4. The van der Waals surface area contributed by atoms with Gasteiger partial charge in [-0.2, -0.15) is 0 Å². The zero-order chi connectivity index (χ0) is 13.4. The topological polar surface area (TPSA) is 176 Å². The monoisotopic (exact) mass is 216 g/mol. The smallest absolute Gasteiger partial charge is 0.381 e. The van der Waals surface area contributed by atoms with Gasteiger partial charge in [0, 0.05) is 5.92 Å². The van der Waals surface area contributed by atoms with Crippen LogP contribution in [0.15, 0.2) is 0 Å². The van der Waals surface area contributed by atoms with Gasteiger partial charge in [-0.1, -0.05) is 0 Å². The number of terminal acetylenes is 2. The first-order chi connectivity index (χ1) is 6.73. The molecule has 0 aliphatic heterocycles. The zero-order valence-electron chi connectivity index (χ0n) is 7.71. The number of carboxylic acid groups (broad SMARTS) is 1. The number of primary amides is 4.